The summed E-state index contributed by atoms with van der Waals surface area (Å²) >= 11 is 1.93. The number of hydrogen-bond donors (Lipinski definition) is 1. The molecular formula is C15H24N2O2S. The van der Waals surface area contributed by atoms with Gasteiger partial charge in [-0.15, -0.1) is 11.8 Å². The molecule has 0 aliphatic carbocycles. The molecule has 0 heterocycles. The zero-order valence-electron chi connectivity index (χ0n) is 12.3. The van der Waals surface area contributed by atoms with E-state index >= 15 is 0 Å². The summed E-state index contributed by atoms with van der Waals surface area (Å²) in [4.78, 5) is 10.2. The summed E-state index contributed by atoms with van der Waals surface area (Å²) in [6, 6.07) is 6.59. The highest BCUT2D eigenvalue weighted by molar-refractivity contribution is 7.99. The van der Waals surface area contributed by atoms with E-state index in [-0.39, 0.29) is 10.6 Å². The zero-order chi connectivity index (χ0) is 14.8. The van der Waals surface area contributed by atoms with E-state index in [2.05, 4.69) is 19.2 Å². The molecule has 0 fully saturated rings. The Morgan fingerprint density at radius 1 is 1.25 bits per heavy atom. The molecule has 1 aromatic rings. The van der Waals surface area contributed by atoms with Crippen LogP contribution >= 0.6 is 11.8 Å². The summed E-state index contributed by atoms with van der Waals surface area (Å²) in [7, 11) is 0. The van der Waals surface area contributed by atoms with Crippen molar-refractivity contribution in [3.63, 3.8) is 0 Å². The lowest BCUT2D eigenvalue weighted by molar-refractivity contribution is -0.384. The number of thioether (sulfide) groups is 1. The van der Waals surface area contributed by atoms with Crippen LogP contribution in [-0.4, -0.2) is 16.1 Å². The highest BCUT2D eigenvalue weighted by atomic mass is 32.2. The molecular weight excluding hydrogens is 272 g/mol. The molecule has 112 valence electrons. The second-order valence-corrected chi connectivity index (χ2v) is 6.11. The van der Waals surface area contributed by atoms with Crippen molar-refractivity contribution in [3.05, 3.63) is 34.4 Å². The minimum Gasteiger partial charge on any atom is -0.376 e. The van der Waals surface area contributed by atoms with Crippen molar-refractivity contribution in [2.75, 3.05) is 11.2 Å². The maximum atomic E-state index is 10.6. The topological polar surface area (TPSA) is 55.2 Å². The average Bonchev–Trinajstić information content (AvgIpc) is 2.46. The third-order valence-corrected chi connectivity index (χ3v) is 4.61. The molecule has 20 heavy (non-hydrogen) atoms. The highest BCUT2D eigenvalue weighted by Gasteiger charge is 2.07. The Labute approximate surface area is 125 Å². The Morgan fingerprint density at radius 2 is 1.95 bits per heavy atom. The number of hydrogen-bond acceptors (Lipinski definition) is 4. The van der Waals surface area contributed by atoms with Gasteiger partial charge in [-0.2, -0.15) is 0 Å². The van der Waals surface area contributed by atoms with E-state index in [9.17, 15) is 10.1 Å². The lowest BCUT2D eigenvalue weighted by Gasteiger charge is -2.15. The lowest BCUT2D eigenvalue weighted by Crippen LogP contribution is -2.06. The van der Waals surface area contributed by atoms with Crippen LogP contribution < -0.4 is 5.32 Å². The maximum Gasteiger partial charge on any atom is 0.269 e. The predicted molar refractivity (Wildman–Crippen MR) is 87.4 cm³/mol. The van der Waals surface area contributed by atoms with E-state index < -0.39 is 0 Å². The number of rotatable bonds is 10. The van der Waals surface area contributed by atoms with E-state index in [0.29, 0.717) is 5.25 Å². The van der Waals surface area contributed by atoms with Crippen LogP contribution in [0.4, 0.5) is 11.4 Å². The van der Waals surface area contributed by atoms with Gasteiger partial charge in [-0.1, -0.05) is 33.1 Å². The van der Waals surface area contributed by atoms with Gasteiger partial charge in [0.15, 0.2) is 0 Å². The first kappa shape index (κ1) is 16.8. The number of non-ortho nitro benzene ring substituents is 1. The van der Waals surface area contributed by atoms with Gasteiger partial charge in [0.25, 0.3) is 5.69 Å². The van der Waals surface area contributed by atoms with Gasteiger partial charge in [0.05, 0.1) is 10.8 Å². The van der Waals surface area contributed by atoms with Crippen molar-refractivity contribution < 1.29 is 4.92 Å². The van der Waals surface area contributed by atoms with Crippen molar-refractivity contribution >= 4 is 23.1 Å². The molecule has 0 bridgehead atoms. The molecule has 0 spiro atoms. The third kappa shape index (κ3) is 6.28. The molecule has 0 amide bonds. The van der Waals surface area contributed by atoms with E-state index in [1.807, 2.05) is 11.8 Å². The quantitative estimate of drug-likeness (QED) is 0.284. The van der Waals surface area contributed by atoms with Gasteiger partial charge in [0, 0.05) is 23.1 Å². The van der Waals surface area contributed by atoms with Crippen LogP contribution in [-0.2, 0) is 0 Å². The van der Waals surface area contributed by atoms with Gasteiger partial charge in [0.2, 0.25) is 0 Å². The van der Waals surface area contributed by atoms with Gasteiger partial charge in [-0.25, -0.2) is 0 Å². The number of unbranched alkanes of at least 4 members (excludes halogenated alkanes) is 2. The fraction of sp³-hybridized carbons (Fsp3) is 0.600. The SMILES string of the molecule is CCCCC[C@H](CC)SCNc1ccc([N+](=O)[O-])cc1. The monoisotopic (exact) mass is 296 g/mol. The fourth-order valence-electron chi connectivity index (χ4n) is 1.97. The number of nitrogens with zero attached hydrogens (tertiary/aromatic N) is 1. The molecule has 0 aliphatic heterocycles. The van der Waals surface area contributed by atoms with E-state index in [1.165, 1.54) is 44.2 Å². The van der Waals surface area contributed by atoms with Crippen molar-refractivity contribution in [2.24, 2.45) is 0 Å². The van der Waals surface area contributed by atoms with Gasteiger partial charge in [0.1, 0.15) is 0 Å². The van der Waals surface area contributed by atoms with Crippen LogP contribution in [0, 0.1) is 10.1 Å². The molecule has 1 N–H and O–H groups in total. The Bertz CT molecular complexity index is 395. The smallest absolute Gasteiger partial charge is 0.269 e. The van der Waals surface area contributed by atoms with Crippen LogP contribution in [0.1, 0.15) is 46.0 Å². The van der Waals surface area contributed by atoms with Crippen LogP contribution in [0.25, 0.3) is 0 Å². The summed E-state index contributed by atoms with van der Waals surface area (Å²) in [6.07, 6.45) is 6.35. The minimum atomic E-state index is -0.376. The molecule has 5 heteroatoms. The predicted octanol–water partition coefficient (Wildman–Crippen LogP) is 5.06. The number of nitrogens with one attached hydrogen (secondary N) is 1. The Balaban J connectivity index is 2.29. The molecule has 0 saturated carbocycles. The molecule has 0 saturated heterocycles. The van der Waals surface area contributed by atoms with E-state index in [0.717, 1.165) is 11.6 Å². The molecule has 1 aromatic carbocycles. The van der Waals surface area contributed by atoms with Crippen molar-refractivity contribution in [1.82, 2.24) is 0 Å². The number of benzene rings is 1. The van der Waals surface area contributed by atoms with Gasteiger partial charge >= 0.3 is 0 Å². The molecule has 1 rings (SSSR count). The Kier molecular flexibility index (Phi) is 8.11. The second-order valence-electron chi connectivity index (χ2n) is 4.82. The van der Waals surface area contributed by atoms with Crippen LogP contribution in [0.15, 0.2) is 24.3 Å². The van der Waals surface area contributed by atoms with Gasteiger partial charge in [-0.05, 0) is 25.0 Å². The van der Waals surface area contributed by atoms with Gasteiger partial charge in [-0.3, -0.25) is 10.1 Å². The first-order valence-electron chi connectivity index (χ1n) is 7.27. The maximum absolute atomic E-state index is 10.6. The molecule has 4 nitrogen and oxygen atoms in total. The lowest BCUT2D eigenvalue weighted by atomic mass is 10.1. The van der Waals surface area contributed by atoms with E-state index in [1.54, 1.807) is 12.1 Å². The average molecular weight is 296 g/mol. The molecule has 0 aromatic heterocycles. The minimum absolute atomic E-state index is 0.134. The van der Waals surface area contributed by atoms with Crippen molar-refractivity contribution in [2.45, 2.75) is 51.2 Å². The van der Waals surface area contributed by atoms with E-state index in [4.69, 9.17) is 0 Å². The van der Waals surface area contributed by atoms with Gasteiger partial charge < -0.3 is 5.32 Å². The van der Waals surface area contributed by atoms with Crippen LogP contribution in [0.5, 0.6) is 0 Å². The van der Waals surface area contributed by atoms with Crippen LogP contribution in [0.3, 0.4) is 0 Å². The molecule has 0 aliphatic rings. The van der Waals surface area contributed by atoms with Crippen molar-refractivity contribution in [3.8, 4) is 0 Å². The molecule has 0 radical (unpaired) electrons. The summed E-state index contributed by atoms with van der Waals surface area (Å²) < 4.78 is 0. The fourth-order valence-corrected chi connectivity index (χ4v) is 3.03. The normalized spacial score (nSPS) is 12.1. The first-order valence-corrected chi connectivity index (χ1v) is 8.32. The first-order chi connectivity index (χ1) is 9.67. The molecule has 1 atom stereocenters. The zero-order valence-corrected chi connectivity index (χ0v) is 13.1. The third-order valence-electron chi connectivity index (χ3n) is 3.26. The summed E-state index contributed by atoms with van der Waals surface area (Å²) in [5.74, 6) is 0.850. The Morgan fingerprint density at radius 3 is 2.50 bits per heavy atom. The number of nitro benzene ring substituents is 1. The largest absolute Gasteiger partial charge is 0.376 e. The summed E-state index contributed by atoms with van der Waals surface area (Å²) in [6.45, 7) is 4.46. The summed E-state index contributed by atoms with van der Waals surface area (Å²) in [5.41, 5.74) is 1.07. The summed E-state index contributed by atoms with van der Waals surface area (Å²) in [5, 5.41) is 14.6. The molecule has 0 unspecified atom stereocenters. The standard InChI is InChI=1S/C15H24N2O2S/c1-3-5-6-7-15(4-2)20-12-16-13-8-10-14(11-9-13)17(18)19/h8-11,15-16H,3-7,12H2,1-2H3/t15-/m0/s1. The number of nitro groups is 1. The highest BCUT2D eigenvalue weighted by Crippen LogP contribution is 2.22. The second kappa shape index (κ2) is 9.64. The number of anilines is 1. The van der Waals surface area contributed by atoms with Crippen LogP contribution in [0.2, 0.25) is 0 Å². The Hall–Kier alpha value is -1.23. The van der Waals surface area contributed by atoms with Crippen molar-refractivity contribution in [1.29, 1.82) is 0 Å².